The number of piperidine rings is 4. The highest BCUT2D eigenvalue weighted by molar-refractivity contribution is 8.14. The molecule has 21 heteroatoms. The van der Waals surface area contributed by atoms with Crippen molar-refractivity contribution in [2.45, 2.75) is 124 Å². The van der Waals surface area contributed by atoms with E-state index in [1.807, 2.05) is 131 Å². The van der Waals surface area contributed by atoms with E-state index in [2.05, 4.69) is 25.2 Å². The number of carbonyl (C=O) groups is 2. The quantitative estimate of drug-likeness (QED) is 0.0747. The first-order chi connectivity index (χ1) is 38.7. The Balaban J connectivity index is 0.000000177. The number of benzene rings is 6. The monoisotopic (exact) mass is 1170 g/mol. The zero-order valence-electron chi connectivity index (χ0n) is 47.5. The molecule has 0 aliphatic carbocycles. The number of amides is 2. The zero-order chi connectivity index (χ0) is 58.2. The maximum absolute atomic E-state index is 13.5. The Labute approximate surface area is 481 Å². The molecule has 4 heterocycles. The molecule has 0 radical (unpaired) electrons. The van der Waals surface area contributed by atoms with E-state index in [-0.39, 0.29) is 40.8 Å². The normalized spacial score (nSPS) is 20.8. The Kier molecular flexibility index (Phi) is 20.0. The van der Waals surface area contributed by atoms with Crippen molar-refractivity contribution >= 4 is 86.2 Å². The number of anilines is 4. The fourth-order valence-electron chi connectivity index (χ4n) is 12.0. The fraction of sp³-hybridized carbons (Fsp3) is 0.433. The van der Waals surface area contributed by atoms with E-state index in [4.69, 9.17) is 35.4 Å². The van der Waals surface area contributed by atoms with Gasteiger partial charge in [0, 0.05) is 128 Å². The van der Waals surface area contributed by atoms with E-state index < -0.39 is 31.3 Å². The van der Waals surface area contributed by atoms with Crippen LogP contribution in [0.3, 0.4) is 0 Å². The highest BCUT2D eigenvalue weighted by Crippen LogP contribution is 2.38. The van der Waals surface area contributed by atoms with Crippen LogP contribution < -0.4 is 40.4 Å². The van der Waals surface area contributed by atoms with Gasteiger partial charge in [0.2, 0.25) is 10.0 Å². The van der Waals surface area contributed by atoms with Crippen molar-refractivity contribution in [2.75, 3.05) is 76.2 Å². The first-order valence-electron chi connectivity index (χ1n) is 27.5. The van der Waals surface area contributed by atoms with Gasteiger partial charge in [-0.2, -0.15) is 4.72 Å². The van der Waals surface area contributed by atoms with Crippen LogP contribution in [0.15, 0.2) is 119 Å². The van der Waals surface area contributed by atoms with E-state index >= 15 is 0 Å². The minimum Gasteiger partial charge on any atom is -0.495 e. The lowest BCUT2D eigenvalue weighted by molar-refractivity contribution is -0.0310. The lowest BCUT2D eigenvalue weighted by Gasteiger charge is -2.48. The predicted molar refractivity (Wildman–Crippen MR) is 322 cm³/mol. The van der Waals surface area contributed by atoms with Gasteiger partial charge >= 0.3 is 12.2 Å². The molecule has 6 aromatic carbocycles. The topological polar surface area (TPSA) is 214 Å². The van der Waals surface area contributed by atoms with E-state index in [0.717, 1.165) is 78.2 Å². The molecule has 4 unspecified atom stereocenters. The third kappa shape index (κ3) is 14.8. The second-order valence-electron chi connectivity index (χ2n) is 21.6. The molecule has 10 rings (SSSR count). The van der Waals surface area contributed by atoms with Crippen molar-refractivity contribution in [3.05, 3.63) is 120 Å². The van der Waals surface area contributed by atoms with Crippen LogP contribution in [-0.4, -0.2) is 131 Å². The zero-order valence-corrected chi connectivity index (χ0v) is 49.9. The summed E-state index contributed by atoms with van der Waals surface area (Å²) in [5.74, 6) is 1.21. The first kappa shape index (κ1) is 60.7. The Morgan fingerprint density at radius 2 is 0.975 bits per heavy atom. The van der Waals surface area contributed by atoms with Crippen LogP contribution in [0, 0.1) is 13.8 Å². The van der Waals surface area contributed by atoms with Gasteiger partial charge in [-0.05, 0) is 99.2 Å². The lowest BCUT2D eigenvalue weighted by atomic mass is 9.83. The van der Waals surface area contributed by atoms with Gasteiger partial charge in [-0.1, -0.05) is 73.5 Å². The van der Waals surface area contributed by atoms with Gasteiger partial charge in [0.05, 0.1) is 42.1 Å². The number of carbonyl (C=O) groups excluding carboxylic acids is 2. The average Bonchev–Trinajstić information content (AvgIpc) is 3.63. The van der Waals surface area contributed by atoms with Gasteiger partial charge in [0.1, 0.15) is 23.7 Å². The summed E-state index contributed by atoms with van der Waals surface area (Å²) in [6.45, 7) is 4.73. The Morgan fingerprint density at radius 3 is 1.38 bits per heavy atom. The maximum Gasteiger partial charge on any atom is 0.412 e. The van der Waals surface area contributed by atoms with E-state index in [9.17, 15) is 26.4 Å². The molecule has 0 aromatic heterocycles. The summed E-state index contributed by atoms with van der Waals surface area (Å²) in [5, 5.41) is 8.75. The van der Waals surface area contributed by atoms with Crippen molar-refractivity contribution in [3.63, 3.8) is 0 Å². The van der Waals surface area contributed by atoms with Crippen molar-refractivity contribution < 1.29 is 45.4 Å². The van der Waals surface area contributed by atoms with Gasteiger partial charge in [0.25, 0.3) is 9.05 Å². The smallest absolute Gasteiger partial charge is 0.412 e. The van der Waals surface area contributed by atoms with Crippen LogP contribution in [0.25, 0.3) is 21.5 Å². The summed E-state index contributed by atoms with van der Waals surface area (Å²) >= 11 is 0. The number of nitrogens with one attached hydrogen (secondary N) is 3. The molecule has 436 valence electrons. The molecule has 81 heavy (non-hydrogen) atoms. The van der Waals surface area contributed by atoms with Gasteiger partial charge in [0.15, 0.2) is 0 Å². The minimum absolute atomic E-state index is 0.0427. The van der Waals surface area contributed by atoms with Crippen molar-refractivity contribution in [1.82, 2.24) is 14.5 Å². The molecule has 18 nitrogen and oxygen atoms in total. The van der Waals surface area contributed by atoms with Crippen LogP contribution in [0.1, 0.15) is 75.3 Å². The summed E-state index contributed by atoms with van der Waals surface area (Å²) in [6, 6.07) is 34.1. The average molecular weight is 1170 g/mol. The maximum atomic E-state index is 13.5. The molecular formula is C60H77ClN8O10S2. The Morgan fingerprint density at radius 1 is 0.580 bits per heavy atom. The lowest BCUT2D eigenvalue weighted by Crippen LogP contribution is -2.57. The first-order valence-corrected chi connectivity index (χ1v) is 31.3. The number of rotatable bonds is 14. The highest BCUT2D eigenvalue weighted by atomic mass is 35.7. The van der Waals surface area contributed by atoms with Crippen molar-refractivity contribution in [3.8, 4) is 11.5 Å². The third-order valence-electron chi connectivity index (χ3n) is 15.8. The van der Waals surface area contributed by atoms with Gasteiger partial charge < -0.3 is 34.5 Å². The summed E-state index contributed by atoms with van der Waals surface area (Å²) in [7, 11) is 8.83. The number of fused-ring (bicyclic) bond motifs is 6. The molecule has 4 fully saturated rings. The number of nitrogens with two attached hydrogens (primary N) is 1. The number of halogens is 1. The molecule has 4 atom stereocenters. The summed E-state index contributed by atoms with van der Waals surface area (Å²) in [6.07, 6.45) is 8.34. The van der Waals surface area contributed by atoms with Crippen molar-refractivity contribution in [1.29, 1.82) is 0 Å². The summed E-state index contributed by atoms with van der Waals surface area (Å²) in [4.78, 5) is 34.0. The predicted octanol–water partition coefficient (Wildman–Crippen LogP) is 10.8. The number of sulfonamides is 1. The molecular weight excluding hydrogens is 1090 g/mol. The van der Waals surface area contributed by atoms with Crippen LogP contribution >= 0.6 is 10.7 Å². The number of nitrogens with zero attached hydrogens (tertiary/aromatic N) is 4. The SMILES string of the molecule is CN(C)c1cccc2c(S(=O)(=O)Cl)cccc12.COc1ccc(C)cc1NC(=O)OC1CC2CCCC(C1)N2CN.COc1ccc(C)cc1NC(=O)OC1CC2CCCC(C1)N2CNS(=O)(=O)c1cccc2c(N(C)C)cccc12. The van der Waals surface area contributed by atoms with Gasteiger partial charge in [-0.25, -0.2) is 26.4 Å². The van der Waals surface area contributed by atoms with Crippen LogP contribution in [0.4, 0.5) is 32.3 Å². The molecule has 5 N–H and O–H groups in total. The second kappa shape index (κ2) is 26.7. The molecule has 4 aliphatic rings. The molecule has 2 amide bonds. The number of methoxy groups -OCH3 is 2. The summed E-state index contributed by atoms with van der Waals surface area (Å²) < 4.78 is 75.0. The van der Waals surface area contributed by atoms with E-state index in [0.29, 0.717) is 65.2 Å². The Hall–Kier alpha value is -6.39. The van der Waals surface area contributed by atoms with Crippen LogP contribution in [-0.2, 0) is 28.5 Å². The largest absolute Gasteiger partial charge is 0.495 e. The molecule has 0 spiro atoms. The number of ether oxygens (including phenoxy) is 4. The van der Waals surface area contributed by atoms with E-state index in [1.165, 1.54) is 12.5 Å². The fourth-order valence-corrected chi connectivity index (χ4v) is 14.3. The molecule has 0 saturated carbocycles. The third-order valence-corrected chi connectivity index (χ3v) is 18.6. The van der Waals surface area contributed by atoms with Crippen LogP contribution in [0.2, 0.25) is 0 Å². The second-order valence-corrected chi connectivity index (χ2v) is 25.9. The van der Waals surface area contributed by atoms with E-state index in [1.54, 1.807) is 38.5 Å². The van der Waals surface area contributed by atoms with Crippen molar-refractivity contribution in [2.24, 2.45) is 5.73 Å². The number of hydrogen-bond acceptors (Lipinski definition) is 15. The summed E-state index contributed by atoms with van der Waals surface area (Å²) in [5.41, 5.74) is 11.1. The number of hydrogen-bond donors (Lipinski definition) is 4. The molecule has 4 aliphatic heterocycles. The molecule has 6 aromatic rings. The number of aryl methyl sites for hydroxylation is 2. The standard InChI is InChI=1S/C30H38N4O5S.C18H27N3O3.C12H12ClNO2S/c1-20-14-15-28(38-4)26(16-20)32-30(35)39-23-17-21-8-5-9-22(18-23)34(21)19-31-40(36,37)29-13-7-10-24-25(29)11-6-12-27(24)33(2)3;1-12-6-7-17(23-2)16(8-12)20-18(22)24-15-9-13-4-3-5-14(10-15)21(13)11-19;1-14(2)11-7-3-6-10-9(11)5-4-8-12(10)17(13,15)16/h6-7,10-16,21-23,31H,5,8-9,17-19H2,1-4H3,(H,32,35);6-8,13-15H,3-5,9-11,19H2,1-2H3,(H,20,22);3-8H,1-2H3. The molecule has 4 bridgehead atoms. The van der Waals surface area contributed by atoms with Gasteiger partial charge in [-0.3, -0.25) is 20.4 Å². The Bertz CT molecular complexity index is 3400. The van der Waals surface area contributed by atoms with Crippen LogP contribution in [0.5, 0.6) is 11.5 Å². The minimum atomic E-state index is -3.75. The van der Waals surface area contributed by atoms with Gasteiger partial charge in [-0.15, -0.1) is 0 Å². The highest BCUT2D eigenvalue weighted by Gasteiger charge is 2.41. The molecule has 4 saturated heterocycles.